The Kier molecular flexibility index (Phi) is 6.14. The Hall–Kier alpha value is -4.92. The molecule has 1 unspecified atom stereocenters. The molecule has 2 aliphatic heterocycles. The number of hydrogen-bond donors (Lipinski definition) is 2. The molecule has 0 saturated heterocycles. The highest BCUT2D eigenvalue weighted by Crippen LogP contribution is 2.47. The van der Waals surface area contributed by atoms with Crippen LogP contribution in [0, 0.1) is 0 Å². The van der Waals surface area contributed by atoms with Crippen LogP contribution in [0.25, 0.3) is 11.1 Å². The number of anilines is 3. The normalized spacial score (nSPS) is 15.7. The predicted octanol–water partition coefficient (Wildman–Crippen LogP) is 6.60. The number of hydrogen-bond acceptors (Lipinski definition) is 4. The van der Waals surface area contributed by atoms with Crippen LogP contribution in [-0.2, 0) is 22.3 Å². The number of nitrogens with zero attached hydrogens (tertiary/aromatic N) is 1. The van der Waals surface area contributed by atoms with Crippen LogP contribution < -0.4 is 15.5 Å². The minimum atomic E-state index is -4.48. The van der Waals surface area contributed by atoms with E-state index in [2.05, 4.69) is 10.6 Å². The lowest BCUT2D eigenvalue weighted by Crippen LogP contribution is -2.29. The van der Waals surface area contributed by atoms with E-state index < -0.39 is 29.5 Å². The van der Waals surface area contributed by atoms with Crippen molar-refractivity contribution in [3.8, 4) is 11.1 Å². The molecule has 6 nitrogen and oxygen atoms in total. The van der Waals surface area contributed by atoms with Crippen molar-refractivity contribution in [2.45, 2.75) is 25.2 Å². The zero-order valence-electron chi connectivity index (χ0n) is 21.0. The van der Waals surface area contributed by atoms with Gasteiger partial charge in [-0.3, -0.25) is 14.4 Å². The number of nitrogens with one attached hydrogen (secondary N) is 2. The lowest BCUT2D eigenvalue weighted by atomic mass is 9.84. The van der Waals surface area contributed by atoms with Crippen molar-refractivity contribution >= 4 is 34.7 Å². The average Bonchev–Trinajstić information content (AvgIpc) is 3.18. The number of ketones is 1. The number of benzene rings is 4. The lowest BCUT2D eigenvalue weighted by Gasteiger charge is -2.31. The highest BCUT2D eigenvalue weighted by molar-refractivity contribution is 6.52. The first-order chi connectivity index (χ1) is 19.2. The first kappa shape index (κ1) is 25.4. The molecule has 2 heterocycles. The summed E-state index contributed by atoms with van der Waals surface area (Å²) in [5.74, 6) is -1.76. The van der Waals surface area contributed by atoms with Gasteiger partial charge in [-0.15, -0.1) is 0 Å². The standard InChI is InChI=1S/C31H22F3N3O3/c32-31(33,34)19-12-10-18(11-13-19)17-37-25-15-14-22-21-8-4-5-9-23(21)36-24(27(22)28(25)29(39)30(37)40)16-26(38)35-20-6-2-1-3-7-20/h1-15,24,36H,16-17H2,(H,35,38). The SMILES string of the molecule is O=C(CC1Nc2ccccc2-c2ccc3c(c21)C(=O)C(=O)N3Cc1ccc(C(F)(F)F)cc1)Nc1ccccc1. The molecule has 2 amide bonds. The molecule has 0 spiro atoms. The van der Waals surface area contributed by atoms with Gasteiger partial charge in [0, 0.05) is 16.9 Å². The van der Waals surface area contributed by atoms with Crippen LogP contribution in [0.5, 0.6) is 0 Å². The largest absolute Gasteiger partial charge is 0.416 e. The third-order valence-corrected chi connectivity index (χ3v) is 7.15. The number of carbonyl (C=O) groups is 3. The third-order valence-electron chi connectivity index (χ3n) is 7.15. The number of para-hydroxylation sites is 2. The van der Waals surface area contributed by atoms with Gasteiger partial charge in [-0.25, -0.2) is 0 Å². The Morgan fingerprint density at radius 1 is 0.850 bits per heavy atom. The Balaban J connectivity index is 1.38. The maximum absolute atomic E-state index is 13.4. The van der Waals surface area contributed by atoms with E-state index in [-0.39, 0.29) is 24.4 Å². The van der Waals surface area contributed by atoms with Crippen LogP contribution in [0.4, 0.5) is 30.2 Å². The molecule has 1 atom stereocenters. The molecule has 0 bridgehead atoms. The van der Waals surface area contributed by atoms with E-state index in [0.29, 0.717) is 22.5 Å². The predicted molar refractivity (Wildman–Crippen MR) is 145 cm³/mol. The average molecular weight is 542 g/mol. The number of amides is 2. The molecule has 4 aromatic rings. The maximum Gasteiger partial charge on any atom is 0.416 e. The summed E-state index contributed by atoms with van der Waals surface area (Å²) in [6.07, 6.45) is -4.48. The molecular formula is C31H22F3N3O3. The van der Waals surface area contributed by atoms with Gasteiger partial charge in [-0.05, 0) is 53.1 Å². The van der Waals surface area contributed by atoms with Gasteiger partial charge in [0.1, 0.15) is 0 Å². The molecule has 2 aliphatic rings. The second-order valence-electron chi connectivity index (χ2n) is 9.70. The molecule has 9 heteroatoms. The minimum absolute atomic E-state index is 0.00689. The number of Topliss-reactive ketones (excluding diaryl/α,β-unsaturated/α-hetero) is 1. The van der Waals surface area contributed by atoms with E-state index in [1.54, 1.807) is 18.2 Å². The molecule has 0 aromatic heterocycles. The van der Waals surface area contributed by atoms with E-state index in [4.69, 9.17) is 0 Å². The van der Waals surface area contributed by atoms with Gasteiger partial charge in [-0.2, -0.15) is 13.2 Å². The van der Waals surface area contributed by atoms with Crippen molar-refractivity contribution in [3.05, 3.63) is 113 Å². The van der Waals surface area contributed by atoms with Crippen molar-refractivity contribution in [3.63, 3.8) is 0 Å². The minimum Gasteiger partial charge on any atom is -0.377 e. The smallest absolute Gasteiger partial charge is 0.377 e. The fraction of sp³-hybridized carbons (Fsp3) is 0.129. The molecule has 0 aliphatic carbocycles. The van der Waals surface area contributed by atoms with Gasteiger partial charge in [0.05, 0.1) is 35.8 Å². The summed E-state index contributed by atoms with van der Waals surface area (Å²) in [7, 11) is 0. The second kappa shape index (κ2) is 9.68. The molecule has 6 rings (SSSR count). The fourth-order valence-corrected chi connectivity index (χ4v) is 5.32. The highest BCUT2D eigenvalue weighted by atomic mass is 19.4. The van der Waals surface area contributed by atoms with E-state index in [1.807, 2.05) is 48.5 Å². The van der Waals surface area contributed by atoms with Crippen LogP contribution >= 0.6 is 0 Å². The second-order valence-corrected chi connectivity index (χ2v) is 9.70. The Bertz CT molecular complexity index is 1650. The Morgan fingerprint density at radius 2 is 1.55 bits per heavy atom. The molecule has 0 fully saturated rings. The van der Waals surface area contributed by atoms with Crippen LogP contribution in [0.3, 0.4) is 0 Å². The molecular weight excluding hydrogens is 519 g/mol. The summed E-state index contributed by atoms with van der Waals surface area (Å²) >= 11 is 0. The molecule has 40 heavy (non-hydrogen) atoms. The van der Waals surface area contributed by atoms with Crippen molar-refractivity contribution in [1.29, 1.82) is 0 Å². The summed E-state index contributed by atoms with van der Waals surface area (Å²) in [6.45, 7) is -0.0718. The van der Waals surface area contributed by atoms with E-state index in [9.17, 15) is 27.6 Å². The molecule has 200 valence electrons. The number of halogens is 3. The van der Waals surface area contributed by atoms with E-state index >= 15 is 0 Å². The van der Waals surface area contributed by atoms with Crippen molar-refractivity contribution in [1.82, 2.24) is 0 Å². The zero-order chi connectivity index (χ0) is 28.0. The Morgan fingerprint density at radius 3 is 2.27 bits per heavy atom. The number of carbonyl (C=O) groups excluding carboxylic acids is 3. The summed E-state index contributed by atoms with van der Waals surface area (Å²) in [5, 5.41) is 6.24. The van der Waals surface area contributed by atoms with Crippen molar-refractivity contribution < 1.29 is 27.6 Å². The van der Waals surface area contributed by atoms with Crippen LogP contribution in [0.15, 0.2) is 91.0 Å². The molecule has 0 radical (unpaired) electrons. The van der Waals surface area contributed by atoms with Crippen molar-refractivity contribution in [2.24, 2.45) is 0 Å². The van der Waals surface area contributed by atoms with Gasteiger partial charge < -0.3 is 15.5 Å². The maximum atomic E-state index is 13.4. The topological polar surface area (TPSA) is 78.5 Å². The van der Waals surface area contributed by atoms with Gasteiger partial charge in [0.25, 0.3) is 11.7 Å². The fourth-order valence-electron chi connectivity index (χ4n) is 5.32. The summed E-state index contributed by atoms with van der Waals surface area (Å²) < 4.78 is 39.0. The van der Waals surface area contributed by atoms with Crippen molar-refractivity contribution in [2.75, 3.05) is 15.5 Å². The van der Waals surface area contributed by atoms with E-state index in [0.717, 1.165) is 28.9 Å². The molecule has 0 saturated carbocycles. The quantitative estimate of drug-likeness (QED) is 0.279. The highest BCUT2D eigenvalue weighted by Gasteiger charge is 2.42. The summed E-state index contributed by atoms with van der Waals surface area (Å²) in [5.41, 5.74) is 3.77. The van der Waals surface area contributed by atoms with Gasteiger partial charge in [-0.1, -0.05) is 54.6 Å². The van der Waals surface area contributed by atoms with E-state index in [1.165, 1.54) is 17.0 Å². The van der Waals surface area contributed by atoms with Gasteiger partial charge in [0.15, 0.2) is 0 Å². The first-order valence-electron chi connectivity index (χ1n) is 12.6. The van der Waals surface area contributed by atoms with Gasteiger partial charge in [0.2, 0.25) is 5.91 Å². The van der Waals surface area contributed by atoms with Crippen LogP contribution in [0.2, 0.25) is 0 Å². The van der Waals surface area contributed by atoms with Crippen LogP contribution in [-0.4, -0.2) is 17.6 Å². The monoisotopic (exact) mass is 541 g/mol. The summed E-state index contributed by atoms with van der Waals surface area (Å²) in [6, 6.07) is 23.9. The first-order valence-corrected chi connectivity index (χ1v) is 12.6. The number of alkyl halides is 3. The summed E-state index contributed by atoms with van der Waals surface area (Å²) in [4.78, 5) is 41.0. The Labute approximate surface area is 227 Å². The third kappa shape index (κ3) is 4.49. The van der Waals surface area contributed by atoms with Gasteiger partial charge >= 0.3 is 6.18 Å². The number of rotatable bonds is 5. The lowest BCUT2D eigenvalue weighted by molar-refractivity contribution is -0.137. The zero-order valence-corrected chi connectivity index (χ0v) is 21.0. The molecule has 4 aromatic carbocycles. The molecule has 2 N–H and O–H groups in total. The number of fused-ring (bicyclic) bond motifs is 5. The van der Waals surface area contributed by atoms with Crippen LogP contribution in [0.1, 0.15) is 39.5 Å².